The number of piperidine rings is 1. The first kappa shape index (κ1) is 11.6. The molecule has 0 saturated carbocycles. The van der Waals surface area contributed by atoms with E-state index in [1.54, 1.807) is 0 Å². The SMILES string of the molecule is NC1(CF)CCN(Cc2ccccc2)CC1. The van der Waals surface area contributed by atoms with Crippen molar-refractivity contribution >= 4 is 0 Å². The predicted molar refractivity (Wildman–Crippen MR) is 63.8 cm³/mol. The Bertz CT molecular complexity index is 318. The lowest BCUT2D eigenvalue weighted by Crippen LogP contribution is -2.51. The summed E-state index contributed by atoms with van der Waals surface area (Å²) >= 11 is 0. The van der Waals surface area contributed by atoms with Crippen molar-refractivity contribution in [2.45, 2.75) is 24.9 Å². The second-order valence-corrected chi connectivity index (χ2v) is 4.76. The van der Waals surface area contributed by atoms with E-state index < -0.39 is 12.2 Å². The minimum atomic E-state index is -0.562. The summed E-state index contributed by atoms with van der Waals surface area (Å²) in [6, 6.07) is 10.4. The van der Waals surface area contributed by atoms with Gasteiger partial charge in [0.05, 0.1) is 0 Å². The van der Waals surface area contributed by atoms with Crippen molar-refractivity contribution in [2.24, 2.45) is 5.73 Å². The molecule has 0 bridgehead atoms. The molecule has 16 heavy (non-hydrogen) atoms. The average Bonchev–Trinajstić information content (AvgIpc) is 2.34. The minimum absolute atomic E-state index is 0.397. The Labute approximate surface area is 96.2 Å². The van der Waals surface area contributed by atoms with Gasteiger partial charge in [-0.05, 0) is 18.4 Å². The minimum Gasteiger partial charge on any atom is -0.323 e. The largest absolute Gasteiger partial charge is 0.323 e. The van der Waals surface area contributed by atoms with Crippen molar-refractivity contribution in [3.05, 3.63) is 35.9 Å². The number of alkyl halides is 1. The number of nitrogens with two attached hydrogens (primary N) is 1. The summed E-state index contributed by atoms with van der Waals surface area (Å²) < 4.78 is 12.7. The van der Waals surface area contributed by atoms with Gasteiger partial charge >= 0.3 is 0 Å². The second kappa shape index (κ2) is 4.93. The van der Waals surface area contributed by atoms with Crippen LogP contribution in [-0.4, -0.2) is 30.2 Å². The predicted octanol–water partition coefficient (Wildman–Crippen LogP) is 1.95. The number of benzene rings is 1. The maximum Gasteiger partial charge on any atom is 0.107 e. The molecule has 1 heterocycles. The van der Waals surface area contributed by atoms with E-state index in [9.17, 15) is 4.39 Å². The number of halogens is 1. The summed E-state index contributed by atoms with van der Waals surface area (Å²) in [5, 5.41) is 0. The Morgan fingerprint density at radius 2 is 1.81 bits per heavy atom. The van der Waals surface area contributed by atoms with Crippen LogP contribution in [0, 0.1) is 0 Å². The van der Waals surface area contributed by atoms with Crippen molar-refractivity contribution in [3.63, 3.8) is 0 Å². The molecule has 2 N–H and O–H groups in total. The molecule has 0 unspecified atom stereocenters. The third-order valence-corrected chi connectivity index (χ3v) is 3.37. The van der Waals surface area contributed by atoms with Crippen LogP contribution in [0.4, 0.5) is 4.39 Å². The Hall–Kier alpha value is -0.930. The fraction of sp³-hybridized carbons (Fsp3) is 0.538. The summed E-state index contributed by atoms with van der Waals surface area (Å²) in [6.07, 6.45) is 1.52. The maximum absolute atomic E-state index is 12.7. The molecule has 1 aromatic carbocycles. The van der Waals surface area contributed by atoms with Gasteiger partial charge in [0.15, 0.2) is 0 Å². The van der Waals surface area contributed by atoms with E-state index in [1.165, 1.54) is 5.56 Å². The lowest BCUT2D eigenvalue weighted by molar-refractivity contribution is 0.135. The molecule has 0 spiro atoms. The highest BCUT2D eigenvalue weighted by atomic mass is 19.1. The highest BCUT2D eigenvalue weighted by Gasteiger charge is 2.30. The smallest absolute Gasteiger partial charge is 0.107 e. The molecule has 0 radical (unpaired) electrons. The zero-order chi connectivity index (χ0) is 11.4. The van der Waals surface area contributed by atoms with E-state index in [1.807, 2.05) is 18.2 Å². The monoisotopic (exact) mass is 222 g/mol. The van der Waals surface area contributed by atoms with Crippen molar-refractivity contribution in [1.29, 1.82) is 0 Å². The van der Waals surface area contributed by atoms with Gasteiger partial charge in [-0.15, -0.1) is 0 Å². The number of likely N-dealkylation sites (tertiary alicyclic amines) is 1. The van der Waals surface area contributed by atoms with Crippen molar-refractivity contribution < 1.29 is 4.39 Å². The van der Waals surface area contributed by atoms with E-state index in [0.29, 0.717) is 0 Å². The van der Waals surface area contributed by atoms with E-state index in [2.05, 4.69) is 17.0 Å². The van der Waals surface area contributed by atoms with Crippen LogP contribution in [0.15, 0.2) is 30.3 Å². The number of hydrogen-bond acceptors (Lipinski definition) is 2. The Kier molecular flexibility index (Phi) is 3.56. The normalized spacial score (nSPS) is 20.9. The molecule has 88 valence electrons. The van der Waals surface area contributed by atoms with Gasteiger partial charge in [0.25, 0.3) is 0 Å². The van der Waals surface area contributed by atoms with Crippen LogP contribution in [0.3, 0.4) is 0 Å². The topological polar surface area (TPSA) is 29.3 Å². The maximum atomic E-state index is 12.7. The summed E-state index contributed by atoms with van der Waals surface area (Å²) in [4.78, 5) is 2.34. The molecular formula is C13H19FN2. The van der Waals surface area contributed by atoms with Gasteiger partial charge in [0.1, 0.15) is 6.67 Å². The van der Waals surface area contributed by atoms with Gasteiger partial charge in [-0.1, -0.05) is 30.3 Å². The van der Waals surface area contributed by atoms with Crippen LogP contribution in [0.25, 0.3) is 0 Å². The van der Waals surface area contributed by atoms with E-state index in [0.717, 1.165) is 32.5 Å². The molecule has 1 aromatic rings. The molecule has 1 saturated heterocycles. The zero-order valence-electron chi connectivity index (χ0n) is 9.53. The quantitative estimate of drug-likeness (QED) is 0.847. The first-order chi connectivity index (χ1) is 7.72. The molecule has 2 rings (SSSR count). The molecule has 1 aliphatic rings. The van der Waals surface area contributed by atoms with Crippen molar-refractivity contribution in [2.75, 3.05) is 19.8 Å². The fourth-order valence-corrected chi connectivity index (χ4v) is 2.13. The summed E-state index contributed by atoms with van der Waals surface area (Å²) in [7, 11) is 0. The highest BCUT2D eigenvalue weighted by Crippen LogP contribution is 2.21. The Balaban J connectivity index is 1.86. The first-order valence-corrected chi connectivity index (χ1v) is 5.83. The average molecular weight is 222 g/mol. The molecule has 2 nitrogen and oxygen atoms in total. The van der Waals surface area contributed by atoms with Crippen molar-refractivity contribution in [3.8, 4) is 0 Å². The van der Waals surface area contributed by atoms with Crippen LogP contribution in [0.2, 0.25) is 0 Å². The van der Waals surface area contributed by atoms with Crippen LogP contribution < -0.4 is 5.73 Å². The number of nitrogens with zero attached hydrogens (tertiary/aromatic N) is 1. The van der Waals surface area contributed by atoms with Crippen LogP contribution >= 0.6 is 0 Å². The highest BCUT2D eigenvalue weighted by molar-refractivity contribution is 5.14. The van der Waals surface area contributed by atoms with Crippen molar-refractivity contribution in [1.82, 2.24) is 4.90 Å². The van der Waals surface area contributed by atoms with Gasteiger partial charge < -0.3 is 5.73 Å². The number of hydrogen-bond donors (Lipinski definition) is 1. The summed E-state index contributed by atoms with van der Waals surface area (Å²) in [6.45, 7) is 2.35. The van der Waals surface area contributed by atoms with E-state index in [-0.39, 0.29) is 0 Å². The van der Waals surface area contributed by atoms with Crippen LogP contribution in [0.5, 0.6) is 0 Å². The standard InChI is InChI=1S/C13H19FN2/c14-11-13(15)6-8-16(9-7-13)10-12-4-2-1-3-5-12/h1-5H,6-11,15H2. The zero-order valence-corrected chi connectivity index (χ0v) is 9.53. The van der Waals surface area contributed by atoms with Gasteiger partial charge in [0, 0.05) is 25.2 Å². The van der Waals surface area contributed by atoms with Gasteiger partial charge in [0.2, 0.25) is 0 Å². The third-order valence-electron chi connectivity index (χ3n) is 3.37. The molecule has 0 aromatic heterocycles. The molecule has 3 heteroatoms. The molecule has 0 aliphatic carbocycles. The molecular weight excluding hydrogens is 203 g/mol. The first-order valence-electron chi connectivity index (χ1n) is 5.83. The lowest BCUT2D eigenvalue weighted by atomic mass is 9.90. The van der Waals surface area contributed by atoms with Gasteiger partial charge in [-0.2, -0.15) is 0 Å². The fourth-order valence-electron chi connectivity index (χ4n) is 2.13. The summed E-state index contributed by atoms with van der Waals surface area (Å²) in [5.41, 5.74) is 6.66. The Morgan fingerprint density at radius 3 is 2.38 bits per heavy atom. The van der Waals surface area contributed by atoms with E-state index in [4.69, 9.17) is 5.73 Å². The molecule has 1 fully saturated rings. The Morgan fingerprint density at radius 1 is 1.19 bits per heavy atom. The lowest BCUT2D eigenvalue weighted by Gasteiger charge is -2.37. The molecule has 0 amide bonds. The van der Waals surface area contributed by atoms with E-state index >= 15 is 0 Å². The number of rotatable bonds is 3. The molecule has 1 aliphatic heterocycles. The third kappa shape index (κ3) is 2.80. The van der Waals surface area contributed by atoms with Gasteiger partial charge in [-0.25, -0.2) is 4.39 Å². The molecule has 0 atom stereocenters. The van der Waals surface area contributed by atoms with Gasteiger partial charge in [-0.3, -0.25) is 4.90 Å². The van der Waals surface area contributed by atoms with Crippen LogP contribution in [0.1, 0.15) is 18.4 Å². The summed E-state index contributed by atoms with van der Waals surface area (Å²) in [5.74, 6) is 0. The second-order valence-electron chi connectivity index (χ2n) is 4.76. The van der Waals surface area contributed by atoms with Crippen LogP contribution in [-0.2, 0) is 6.54 Å².